The van der Waals surface area contributed by atoms with Crippen LogP contribution >= 0.6 is 38.9 Å². The van der Waals surface area contributed by atoms with Crippen molar-refractivity contribution < 1.29 is 4.74 Å². The summed E-state index contributed by atoms with van der Waals surface area (Å²) >= 11 is 10.4. The molecule has 1 heterocycles. The lowest BCUT2D eigenvalue weighted by atomic mass is 10.3. The molecule has 2 rings (SSSR count). The molecule has 0 bridgehead atoms. The zero-order valence-electron chi connectivity index (χ0n) is 6.91. The van der Waals surface area contributed by atoms with Crippen LogP contribution in [0.25, 0.3) is 0 Å². The van der Waals surface area contributed by atoms with E-state index in [1.165, 1.54) is 11.3 Å². The van der Waals surface area contributed by atoms with Crippen molar-refractivity contribution in [2.24, 2.45) is 0 Å². The first-order valence-electron chi connectivity index (χ1n) is 3.78. The van der Waals surface area contributed by atoms with Gasteiger partial charge in [0, 0.05) is 9.85 Å². The van der Waals surface area contributed by atoms with E-state index < -0.39 is 0 Å². The van der Waals surface area contributed by atoms with Crippen LogP contribution in [0.5, 0.6) is 10.9 Å². The highest BCUT2D eigenvalue weighted by molar-refractivity contribution is 9.10. The van der Waals surface area contributed by atoms with Crippen molar-refractivity contribution in [3.8, 4) is 10.9 Å². The molecule has 1 aromatic heterocycles. The number of hydrogen-bond acceptors (Lipinski definition) is 3. The van der Waals surface area contributed by atoms with Gasteiger partial charge in [0.1, 0.15) is 10.9 Å². The number of hydrogen-bond donors (Lipinski definition) is 0. The maximum absolute atomic E-state index is 5.67. The van der Waals surface area contributed by atoms with Crippen LogP contribution in [-0.4, -0.2) is 4.98 Å². The van der Waals surface area contributed by atoms with Gasteiger partial charge >= 0.3 is 0 Å². The summed E-state index contributed by atoms with van der Waals surface area (Å²) in [4.78, 5) is 3.98. The van der Waals surface area contributed by atoms with Crippen molar-refractivity contribution in [3.63, 3.8) is 0 Å². The molecule has 0 aliphatic rings. The third-order valence-corrected chi connectivity index (χ3v) is 2.99. The molecule has 0 saturated heterocycles. The predicted octanol–water partition coefficient (Wildman–Crippen LogP) is 4.35. The normalized spacial score (nSPS) is 10.1. The first-order chi connectivity index (χ1) is 6.74. The minimum atomic E-state index is 0.458. The summed E-state index contributed by atoms with van der Waals surface area (Å²) in [5.41, 5.74) is 0. The Morgan fingerprint density at radius 3 is 2.93 bits per heavy atom. The van der Waals surface area contributed by atoms with Gasteiger partial charge < -0.3 is 4.74 Å². The molecule has 0 unspecified atom stereocenters. The average molecular weight is 291 g/mol. The van der Waals surface area contributed by atoms with E-state index in [4.69, 9.17) is 16.3 Å². The molecule has 0 spiro atoms. The zero-order chi connectivity index (χ0) is 9.97. The van der Waals surface area contributed by atoms with Crippen molar-refractivity contribution in [1.82, 2.24) is 4.98 Å². The number of benzene rings is 1. The molecular formula is C9H5BrClNOS. The van der Waals surface area contributed by atoms with E-state index in [1.807, 2.05) is 24.3 Å². The molecular weight excluding hydrogens is 286 g/mol. The molecule has 2 aromatic rings. The molecule has 2 nitrogen and oxygen atoms in total. The Morgan fingerprint density at radius 2 is 2.29 bits per heavy atom. The van der Waals surface area contributed by atoms with Gasteiger partial charge in [-0.1, -0.05) is 44.9 Å². The standard InChI is InChI=1S/C9H5BrClNOS/c10-6-2-1-3-7(4-6)13-9-12-8(11)5-14-9/h1-5H. The van der Waals surface area contributed by atoms with Gasteiger partial charge in [0.2, 0.25) is 0 Å². The summed E-state index contributed by atoms with van der Waals surface area (Å²) in [7, 11) is 0. The van der Waals surface area contributed by atoms with Gasteiger partial charge in [-0.2, -0.15) is 4.98 Å². The van der Waals surface area contributed by atoms with E-state index in [2.05, 4.69) is 20.9 Å². The van der Waals surface area contributed by atoms with Gasteiger partial charge in [0.05, 0.1) is 0 Å². The minimum Gasteiger partial charge on any atom is -0.431 e. The summed E-state index contributed by atoms with van der Waals surface area (Å²) in [6.45, 7) is 0. The van der Waals surface area contributed by atoms with E-state index in [0.717, 1.165) is 10.2 Å². The average Bonchev–Trinajstić information content (AvgIpc) is 2.51. The van der Waals surface area contributed by atoms with E-state index in [1.54, 1.807) is 5.38 Å². The lowest BCUT2D eigenvalue weighted by Gasteiger charge is -2.00. The molecule has 0 saturated carbocycles. The third-order valence-electron chi connectivity index (χ3n) is 1.46. The molecule has 5 heteroatoms. The second kappa shape index (κ2) is 4.29. The first kappa shape index (κ1) is 9.96. The first-order valence-corrected chi connectivity index (χ1v) is 5.83. The van der Waals surface area contributed by atoms with Gasteiger partial charge in [-0.05, 0) is 18.2 Å². The maximum atomic E-state index is 5.67. The van der Waals surface area contributed by atoms with Gasteiger partial charge in [0.15, 0.2) is 0 Å². The highest BCUT2D eigenvalue weighted by Gasteiger charge is 2.02. The second-order valence-corrected chi connectivity index (χ2v) is 4.62. The van der Waals surface area contributed by atoms with Crippen molar-refractivity contribution in [3.05, 3.63) is 39.3 Å². The number of thiazole rings is 1. The topological polar surface area (TPSA) is 22.1 Å². The summed E-state index contributed by atoms with van der Waals surface area (Å²) in [6.07, 6.45) is 0. The van der Waals surface area contributed by atoms with Crippen LogP contribution in [0.15, 0.2) is 34.1 Å². The highest BCUT2D eigenvalue weighted by Crippen LogP contribution is 2.28. The van der Waals surface area contributed by atoms with E-state index in [9.17, 15) is 0 Å². The molecule has 0 radical (unpaired) electrons. The molecule has 0 N–H and O–H groups in total. The van der Waals surface area contributed by atoms with Gasteiger partial charge in [-0.25, -0.2) is 0 Å². The van der Waals surface area contributed by atoms with Crippen LogP contribution in [0.3, 0.4) is 0 Å². The number of aromatic nitrogens is 1. The summed E-state index contributed by atoms with van der Waals surface area (Å²) < 4.78 is 6.44. The zero-order valence-corrected chi connectivity index (χ0v) is 10.1. The van der Waals surface area contributed by atoms with Crippen LogP contribution in [0.1, 0.15) is 0 Å². The Morgan fingerprint density at radius 1 is 1.43 bits per heavy atom. The predicted molar refractivity (Wildman–Crippen MR) is 61.3 cm³/mol. The molecule has 0 aliphatic heterocycles. The Bertz CT molecular complexity index is 446. The molecule has 0 atom stereocenters. The van der Waals surface area contributed by atoms with Crippen molar-refractivity contribution in [2.75, 3.05) is 0 Å². The molecule has 0 fully saturated rings. The van der Waals surface area contributed by atoms with Gasteiger partial charge in [0.25, 0.3) is 5.19 Å². The molecule has 0 amide bonds. The Hall–Kier alpha value is -0.580. The minimum absolute atomic E-state index is 0.458. The molecule has 1 aromatic carbocycles. The number of ether oxygens (including phenoxy) is 1. The molecule has 0 aliphatic carbocycles. The van der Waals surface area contributed by atoms with Crippen LogP contribution in [-0.2, 0) is 0 Å². The summed E-state index contributed by atoms with van der Waals surface area (Å²) in [5.74, 6) is 0.741. The largest absolute Gasteiger partial charge is 0.431 e. The fourth-order valence-electron chi connectivity index (χ4n) is 0.917. The Labute approximate surface area is 98.6 Å². The Balaban J connectivity index is 2.18. The highest BCUT2D eigenvalue weighted by atomic mass is 79.9. The fourth-order valence-corrected chi connectivity index (χ4v) is 2.10. The lowest BCUT2D eigenvalue weighted by molar-refractivity contribution is 0.478. The van der Waals surface area contributed by atoms with Crippen molar-refractivity contribution in [1.29, 1.82) is 0 Å². The third kappa shape index (κ3) is 2.47. The van der Waals surface area contributed by atoms with Crippen LogP contribution in [0.2, 0.25) is 5.15 Å². The summed E-state index contributed by atoms with van der Waals surface area (Å²) in [5, 5.41) is 2.74. The van der Waals surface area contributed by atoms with Gasteiger partial charge in [-0.3, -0.25) is 0 Å². The lowest BCUT2D eigenvalue weighted by Crippen LogP contribution is -1.82. The molecule has 72 valence electrons. The fraction of sp³-hybridized carbons (Fsp3) is 0. The Kier molecular flexibility index (Phi) is 3.05. The van der Waals surface area contributed by atoms with E-state index >= 15 is 0 Å². The van der Waals surface area contributed by atoms with Crippen molar-refractivity contribution >= 4 is 38.9 Å². The monoisotopic (exact) mass is 289 g/mol. The van der Waals surface area contributed by atoms with E-state index in [0.29, 0.717) is 10.3 Å². The smallest absolute Gasteiger partial charge is 0.280 e. The number of halogens is 2. The van der Waals surface area contributed by atoms with Crippen LogP contribution < -0.4 is 4.74 Å². The van der Waals surface area contributed by atoms with Crippen LogP contribution in [0.4, 0.5) is 0 Å². The van der Waals surface area contributed by atoms with Crippen LogP contribution in [0, 0.1) is 0 Å². The van der Waals surface area contributed by atoms with E-state index in [-0.39, 0.29) is 0 Å². The van der Waals surface area contributed by atoms with Gasteiger partial charge in [-0.15, -0.1) is 0 Å². The quantitative estimate of drug-likeness (QED) is 0.820. The molecule has 14 heavy (non-hydrogen) atoms. The maximum Gasteiger partial charge on any atom is 0.280 e. The number of rotatable bonds is 2. The second-order valence-electron chi connectivity index (χ2n) is 2.50. The SMILES string of the molecule is Clc1csc(Oc2cccc(Br)c2)n1. The summed E-state index contributed by atoms with van der Waals surface area (Å²) in [6, 6.07) is 7.56. The van der Waals surface area contributed by atoms with Crippen molar-refractivity contribution in [2.45, 2.75) is 0 Å². The number of nitrogens with zero attached hydrogens (tertiary/aromatic N) is 1.